The molecule has 1 aromatic rings. The molecule has 0 bridgehead atoms. The van der Waals surface area contributed by atoms with E-state index < -0.39 is 10.0 Å². The molecule has 3 N–H and O–H groups in total. The summed E-state index contributed by atoms with van der Waals surface area (Å²) in [5.41, 5.74) is 6.76. The van der Waals surface area contributed by atoms with E-state index in [9.17, 15) is 8.42 Å². The van der Waals surface area contributed by atoms with Crippen molar-refractivity contribution in [3.8, 4) is 0 Å². The number of rotatable bonds is 7. The fourth-order valence-corrected chi connectivity index (χ4v) is 2.87. The summed E-state index contributed by atoms with van der Waals surface area (Å²) in [4.78, 5) is 0.235. The lowest BCUT2D eigenvalue weighted by Crippen LogP contribution is -2.26. The van der Waals surface area contributed by atoms with Crippen LogP contribution in [0, 0.1) is 6.92 Å². The second-order valence-corrected chi connectivity index (χ2v) is 5.65. The Kier molecular flexibility index (Phi) is 5.58. The van der Waals surface area contributed by atoms with Crippen LogP contribution in [-0.4, -0.2) is 28.2 Å². The molecule has 0 heterocycles. The Hall–Kier alpha value is -1.11. The van der Waals surface area contributed by atoms with Crippen LogP contribution in [0.15, 0.2) is 23.1 Å². The average Bonchev–Trinajstić information content (AvgIpc) is 2.32. The van der Waals surface area contributed by atoms with Crippen molar-refractivity contribution in [2.45, 2.75) is 25.2 Å². The van der Waals surface area contributed by atoms with Crippen LogP contribution in [0.3, 0.4) is 0 Å². The normalized spacial score (nSPS) is 11.7. The predicted molar refractivity (Wildman–Crippen MR) is 71.9 cm³/mol. The molecule has 0 spiro atoms. The first-order chi connectivity index (χ1) is 8.49. The third kappa shape index (κ3) is 3.97. The first-order valence-corrected chi connectivity index (χ1v) is 7.40. The minimum absolute atomic E-state index is 0.235. The van der Waals surface area contributed by atoms with Crippen molar-refractivity contribution in [1.29, 1.82) is 0 Å². The van der Waals surface area contributed by atoms with Crippen LogP contribution in [0.25, 0.3) is 0 Å². The van der Waals surface area contributed by atoms with Crippen LogP contribution in [-0.2, 0) is 14.8 Å². The fraction of sp³-hybridized carbons (Fsp3) is 0.500. The van der Waals surface area contributed by atoms with Crippen LogP contribution >= 0.6 is 0 Å². The van der Waals surface area contributed by atoms with Crippen molar-refractivity contribution in [2.75, 3.05) is 25.5 Å². The second kappa shape index (κ2) is 6.72. The number of nitrogen functional groups attached to an aromatic ring is 1. The molecule has 102 valence electrons. The quantitative estimate of drug-likeness (QED) is 0.579. The van der Waals surface area contributed by atoms with Gasteiger partial charge in [-0.15, -0.1) is 0 Å². The molecule has 5 nitrogen and oxygen atoms in total. The lowest BCUT2D eigenvalue weighted by molar-refractivity contribution is 0.146. The lowest BCUT2D eigenvalue weighted by Gasteiger charge is -2.10. The summed E-state index contributed by atoms with van der Waals surface area (Å²) in [6.45, 7) is 5.15. The van der Waals surface area contributed by atoms with Gasteiger partial charge in [0.25, 0.3) is 0 Å². The Labute approximate surface area is 108 Å². The summed E-state index contributed by atoms with van der Waals surface area (Å²) in [6.07, 6.45) is 0.647. The molecule has 0 aliphatic rings. The molecule has 0 saturated heterocycles. The van der Waals surface area contributed by atoms with Gasteiger partial charge < -0.3 is 10.5 Å². The maximum absolute atomic E-state index is 12.0. The van der Waals surface area contributed by atoms with Crippen molar-refractivity contribution in [3.05, 3.63) is 23.8 Å². The lowest BCUT2D eigenvalue weighted by atomic mass is 10.2. The van der Waals surface area contributed by atoms with Gasteiger partial charge in [0, 0.05) is 25.4 Å². The highest BCUT2D eigenvalue weighted by atomic mass is 32.2. The molecule has 6 heteroatoms. The van der Waals surface area contributed by atoms with Gasteiger partial charge in [0.1, 0.15) is 0 Å². The van der Waals surface area contributed by atoms with Gasteiger partial charge in [-0.05, 0) is 38.0 Å². The Bertz CT molecular complexity index is 486. The third-order valence-electron chi connectivity index (χ3n) is 2.58. The smallest absolute Gasteiger partial charge is 0.240 e. The molecule has 0 aliphatic carbocycles. The van der Waals surface area contributed by atoms with E-state index in [1.54, 1.807) is 25.1 Å². The molecule has 0 radical (unpaired) electrons. The van der Waals surface area contributed by atoms with Gasteiger partial charge in [-0.3, -0.25) is 0 Å². The van der Waals surface area contributed by atoms with Crippen LogP contribution in [0.5, 0.6) is 0 Å². The van der Waals surface area contributed by atoms with Crippen LogP contribution in [0.2, 0.25) is 0 Å². The molecule has 0 amide bonds. The molecule has 0 unspecified atom stereocenters. The van der Waals surface area contributed by atoms with Gasteiger partial charge in [0.05, 0.1) is 4.90 Å². The van der Waals surface area contributed by atoms with Crippen molar-refractivity contribution >= 4 is 15.7 Å². The number of ether oxygens (including phenoxy) is 1. The predicted octanol–water partition coefficient (Wildman–Crippen LogP) is 1.28. The number of nitrogens with two attached hydrogens (primary N) is 1. The Morgan fingerprint density at radius 1 is 1.39 bits per heavy atom. The number of nitrogens with one attached hydrogen (secondary N) is 1. The van der Waals surface area contributed by atoms with Gasteiger partial charge in [-0.2, -0.15) is 0 Å². The summed E-state index contributed by atoms with van der Waals surface area (Å²) >= 11 is 0. The summed E-state index contributed by atoms with van der Waals surface area (Å²) in [7, 11) is -3.49. The number of sulfonamides is 1. The fourth-order valence-electron chi connectivity index (χ4n) is 1.53. The number of anilines is 1. The monoisotopic (exact) mass is 272 g/mol. The number of hydrogen-bond acceptors (Lipinski definition) is 4. The van der Waals surface area contributed by atoms with Crippen molar-refractivity contribution in [3.63, 3.8) is 0 Å². The zero-order valence-corrected chi connectivity index (χ0v) is 11.6. The van der Waals surface area contributed by atoms with Crippen LogP contribution in [0.4, 0.5) is 5.69 Å². The van der Waals surface area contributed by atoms with E-state index in [4.69, 9.17) is 10.5 Å². The molecule has 0 aromatic heterocycles. The van der Waals surface area contributed by atoms with E-state index in [0.717, 1.165) is 0 Å². The SMILES string of the molecule is CCOCCCNS(=O)(=O)c1cccc(N)c1C. The first-order valence-electron chi connectivity index (χ1n) is 5.91. The highest BCUT2D eigenvalue weighted by Gasteiger charge is 2.16. The second-order valence-electron chi connectivity index (χ2n) is 3.92. The van der Waals surface area contributed by atoms with Crippen molar-refractivity contribution < 1.29 is 13.2 Å². The average molecular weight is 272 g/mol. The van der Waals surface area contributed by atoms with Gasteiger partial charge >= 0.3 is 0 Å². The van der Waals surface area contributed by atoms with Crippen LogP contribution < -0.4 is 10.5 Å². The molecule has 18 heavy (non-hydrogen) atoms. The molecular formula is C12H20N2O3S. The summed E-state index contributed by atoms with van der Waals surface area (Å²) in [5.74, 6) is 0. The van der Waals surface area contributed by atoms with E-state index in [2.05, 4.69) is 4.72 Å². The maximum Gasteiger partial charge on any atom is 0.240 e. The minimum Gasteiger partial charge on any atom is -0.398 e. The zero-order chi connectivity index (χ0) is 13.6. The molecule has 1 rings (SSSR count). The Balaban J connectivity index is 2.66. The molecule has 1 aromatic carbocycles. The summed E-state index contributed by atoms with van der Waals surface area (Å²) < 4.78 is 31.7. The van der Waals surface area contributed by atoms with E-state index >= 15 is 0 Å². The third-order valence-corrected chi connectivity index (χ3v) is 4.18. The Morgan fingerprint density at radius 2 is 2.11 bits per heavy atom. The first kappa shape index (κ1) is 14.9. The number of hydrogen-bond donors (Lipinski definition) is 2. The van der Waals surface area contributed by atoms with Crippen molar-refractivity contribution in [1.82, 2.24) is 4.72 Å². The standard InChI is InChI=1S/C12H20N2O3S/c1-3-17-9-5-8-14-18(15,16)12-7-4-6-11(13)10(12)2/h4,6-7,14H,3,5,8-9,13H2,1-2H3. The molecule has 0 fully saturated rings. The highest BCUT2D eigenvalue weighted by Crippen LogP contribution is 2.19. The van der Waals surface area contributed by atoms with E-state index in [-0.39, 0.29) is 4.90 Å². The highest BCUT2D eigenvalue weighted by molar-refractivity contribution is 7.89. The Morgan fingerprint density at radius 3 is 2.78 bits per heavy atom. The molecule has 0 aliphatic heterocycles. The zero-order valence-electron chi connectivity index (χ0n) is 10.8. The van der Waals surface area contributed by atoms with Gasteiger partial charge in [-0.1, -0.05) is 6.07 Å². The largest absolute Gasteiger partial charge is 0.398 e. The summed E-state index contributed by atoms with van der Waals surface area (Å²) in [6, 6.07) is 4.87. The molecular weight excluding hydrogens is 252 g/mol. The van der Waals surface area contributed by atoms with Gasteiger partial charge in [0.2, 0.25) is 10.0 Å². The van der Waals surface area contributed by atoms with E-state index in [1.165, 1.54) is 0 Å². The van der Waals surface area contributed by atoms with Gasteiger partial charge in [-0.25, -0.2) is 13.1 Å². The maximum atomic E-state index is 12.0. The van der Waals surface area contributed by atoms with E-state index in [0.29, 0.717) is 37.4 Å². The van der Waals surface area contributed by atoms with E-state index in [1.807, 2.05) is 6.92 Å². The van der Waals surface area contributed by atoms with Crippen LogP contribution in [0.1, 0.15) is 18.9 Å². The summed E-state index contributed by atoms with van der Waals surface area (Å²) in [5, 5.41) is 0. The minimum atomic E-state index is -3.49. The number of benzene rings is 1. The van der Waals surface area contributed by atoms with Gasteiger partial charge in [0.15, 0.2) is 0 Å². The van der Waals surface area contributed by atoms with Crippen molar-refractivity contribution in [2.24, 2.45) is 0 Å². The molecule has 0 saturated carbocycles. The molecule has 0 atom stereocenters. The topological polar surface area (TPSA) is 81.4 Å².